The summed E-state index contributed by atoms with van der Waals surface area (Å²) >= 11 is 0. The molecule has 0 unspecified atom stereocenters. The predicted octanol–water partition coefficient (Wildman–Crippen LogP) is 2.27. The van der Waals surface area contributed by atoms with E-state index in [2.05, 4.69) is 27.3 Å². The highest BCUT2D eigenvalue weighted by atomic mass is 16.2. The minimum atomic E-state index is -0.787. The van der Waals surface area contributed by atoms with Crippen LogP contribution >= 0.6 is 0 Å². The normalized spacial score (nSPS) is 21.5. The molecule has 172 valence electrons. The number of benzene rings is 1. The van der Waals surface area contributed by atoms with E-state index < -0.39 is 5.54 Å². The van der Waals surface area contributed by atoms with Crippen LogP contribution in [-0.4, -0.2) is 75.3 Å². The number of pyridine rings is 1. The van der Waals surface area contributed by atoms with Crippen LogP contribution < -0.4 is 5.32 Å². The number of imide groups is 1. The Morgan fingerprint density at radius 3 is 2.33 bits per heavy atom. The van der Waals surface area contributed by atoms with Crippen molar-refractivity contribution in [3.8, 4) is 0 Å². The van der Waals surface area contributed by atoms with Gasteiger partial charge >= 0.3 is 6.03 Å². The standard InChI is InChI=1S/C25H29N5O3/c31-22(21-8-4-5-13-26-21)29-14-9-20(10-15-29)30-23(32)25(27-24(30)33)11-16-28(17-12-25)18-19-6-2-1-3-7-19/h1-8,13,20H,9-12,14-18H2,(H,27,33). The van der Waals surface area contributed by atoms with Gasteiger partial charge in [0.2, 0.25) is 0 Å². The zero-order valence-electron chi connectivity index (χ0n) is 18.7. The molecule has 4 amide bonds. The SMILES string of the molecule is O=C(c1ccccn1)N1CCC(N2C(=O)NC3(CCN(Cc4ccccc4)CC3)C2=O)CC1. The van der Waals surface area contributed by atoms with Gasteiger partial charge in [-0.2, -0.15) is 0 Å². The average Bonchev–Trinajstić information content (AvgIpc) is 3.10. The third kappa shape index (κ3) is 4.23. The Morgan fingerprint density at radius 2 is 1.67 bits per heavy atom. The highest BCUT2D eigenvalue weighted by molar-refractivity contribution is 6.07. The second-order valence-corrected chi connectivity index (χ2v) is 9.19. The van der Waals surface area contributed by atoms with E-state index in [0.29, 0.717) is 44.5 Å². The van der Waals surface area contributed by atoms with Gasteiger partial charge in [0, 0.05) is 45.0 Å². The zero-order chi connectivity index (χ0) is 22.8. The number of amides is 4. The van der Waals surface area contributed by atoms with Gasteiger partial charge < -0.3 is 10.2 Å². The lowest BCUT2D eigenvalue weighted by atomic mass is 9.86. The Bertz CT molecular complexity index is 1010. The molecule has 33 heavy (non-hydrogen) atoms. The summed E-state index contributed by atoms with van der Waals surface area (Å²) in [6, 6.07) is 15.1. The van der Waals surface area contributed by atoms with Crippen molar-refractivity contribution in [3.63, 3.8) is 0 Å². The molecule has 3 saturated heterocycles. The fourth-order valence-electron chi connectivity index (χ4n) is 5.22. The molecule has 8 heteroatoms. The zero-order valence-corrected chi connectivity index (χ0v) is 18.7. The molecule has 3 aliphatic rings. The molecule has 0 aliphatic carbocycles. The van der Waals surface area contributed by atoms with Crippen molar-refractivity contribution in [3.05, 3.63) is 66.0 Å². The number of nitrogens with zero attached hydrogens (tertiary/aromatic N) is 4. The predicted molar refractivity (Wildman–Crippen MR) is 122 cm³/mol. The van der Waals surface area contributed by atoms with Crippen molar-refractivity contribution in [2.24, 2.45) is 0 Å². The van der Waals surface area contributed by atoms with Crippen LogP contribution in [0, 0.1) is 0 Å². The van der Waals surface area contributed by atoms with Gasteiger partial charge in [0.15, 0.2) is 0 Å². The highest BCUT2D eigenvalue weighted by Crippen LogP contribution is 2.33. The maximum absolute atomic E-state index is 13.4. The van der Waals surface area contributed by atoms with E-state index in [1.165, 1.54) is 10.5 Å². The number of likely N-dealkylation sites (tertiary alicyclic amines) is 2. The lowest BCUT2D eigenvalue weighted by Gasteiger charge is -2.38. The molecule has 0 saturated carbocycles. The summed E-state index contributed by atoms with van der Waals surface area (Å²) in [5.74, 6) is -0.199. The summed E-state index contributed by atoms with van der Waals surface area (Å²) in [5, 5.41) is 3.03. The van der Waals surface area contributed by atoms with Crippen LogP contribution in [0.3, 0.4) is 0 Å². The molecule has 0 atom stereocenters. The van der Waals surface area contributed by atoms with Gasteiger partial charge in [-0.15, -0.1) is 0 Å². The lowest BCUT2D eigenvalue weighted by Crippen LogP contribution is -2.55. The summed E-state index contributed by atoms with van der Waals surface area (Å²) in [7, 11) is 0. The van der Waals surface area contributed by atoms with Crippen molar-refractivity contribution in [1.82, 2.24) is 25.0 Å². The molecule has 0 radical (unpaired) electrons. The molecular weight excluding hydrogens is 418 g/mol. The fourth-order valence-corrected chi connectivity index (χ4v) is 5.22. The van der Waals surface area contributed by atoms with E-state index in [9.17, 15) is 14.4 Å². The number of rotatable bonds is 4. The van der Waals surface area contributed by atoms with Crippen LogP contribution in [0.25, 0.3) is 0 Å². The van der Waals surface area contributed by atoms with E-state index in [-0.39, 0.29) is 23.9 Å². The second kappa shape index (κ2) is 8.94. The van der Waals surface area contributed by atoms with Crippen LogP contribution in [-0.2, 0) is 11.3 Å². The quantitative estimate of drug-likeness (QED) is 0.727. The fraction of sp³-hybridized carbons (Fsp3) is 0.440. The maximum atomic E-state index is 13.4. The molecule has 1 N–H and O–H groups in total. The number of carbonyl (C=O) groups excluding carboxylic acids is 3. The second-order valence-electron chi connectivity index (χ2n) is 9.19. The maximum Gasteiger partial charge on any atom is 0.325 e. The molecular formula is C25H29N5O3. The van der Waals surface area contributed by atoms with Crippen LogP contribution in [0.15, 0.2) is 54.7 Å². The van der Waals surface area contributed by atoms with E-state index in [0.717, 1.165) is 19.6 Å². The molecule has 5 rings (SSSR count). The summed E-state index contributed by atoms with van der Waals surface area (Å²) in [4.78, 5) is 48.6. The van der Waals surface area contributed by atoms with E-state index >= 15 is 0 Å². The van der Waals surface area contributed by atoms with Crippen LogP contribution in [0.1, 0.15) is 41.7 Å². The van der Waals surface area contributed by atoms with Crippen molar-refractivity contribution < 1.29 is 14.4 Å². The Labute approximate surface area is 193 Å². The van der Waals surface area contributed by atoms with Crippen molar-refractivity contribution in [2.45, 2.75) is 43.8 Å². The average molecular weight is 448 g/mol. The first-order chi connectivity index (χ1) is 16.1. The van der Waals surface area contributed by atoms with Gasteiger partial charge in [-0.3, -0.25) is 24.4 Å². The Balaban J connectivity index is 1.18. The first kappa shape index (κ1) is 21.6. The molecule has 2 aromatic rings. The monoisotopic (exact) mass is 447 g/mol. The Morgan fingerprint density at radius 1 is 0.970 bits per heavy atom. The van der Waals surface area contributed by atoms with Crippen molar-refractivity contribution >= 4 is 17.8 Å². The van der Waals surface area contributed by atoms with Gasteiger partial charge in [0.05, 0.1) is 0 Å². The number of hydrogen-bond acceptors (Lipinski definition) is 5. The van der Waals surface area contributed by atoms with E-state index in [4.69, 9.17) is 0 Å². The van der Waals surface area contributed by atoms with Gasteiger partial charge in [0.25, 0.3) is 11.8 Å². The summed E-state index contributed by atoms with van der Waals surface area (Å²) in [6.45, 7) is 3.41. The van der Waals surface area contributed by atoms with Crippen LogP contribution in [0.5, 0.6) is 0 Å². The smallest absolute Gasteiger partial charge is 0.325 e. The first-order valence-corrected chi connectivity index (χ1v) is 11.7. The molecule has 1 aromatic heterocycles. The molecule has 3 fully saturated rings. The summed E-state index contributed by atoms with van der Waals surface area (Å²) in [5.41, 5.74) is 0.890. The van der Waals surface area contributed by atoms with Gasteiger partial charge in [-0.1, -0.05) is 36.4 Å². The molecule has 1 aromatic carbocycles. The number of aromatic nitrogens is 1. The Kier molecular flexibility index (Phi) is 5.85. The molecule has 1 spiro atoms. The minimum absolute atomic E-state index is 0.0960. The van der Waals surface area contributed by atoms with Crippen molar-refractivity contribution in [2.75, 3.05) is 26.2 Å². The number of carbonyl (C=O) groups is 3. The van der Waals surface area contributed by atoms with E-state index in [1.54, 1.807) is 29.3 Å². The van der Waals surface area contributed by atoms with Crippen LogP contribution in [0.4, 0.5) is 4.79 Å². The molecule has 8 nitrogen and oxygen atoms in total. The van der Waals surface area contributed by atoms with E-state index in [1.807, 2.05) is 18.2 Å². The first-order valence-electron chi connectivity index (χ1n) is 11.7. The third-order valence-corrected chi connectivity index (χ3v) is 7.15. The summed E-state index contributed by atoms with van der Waals surface area (Å²) < 4.78 is 0. The molecule has 3 aliphatic heterocycles. The van der Waals surface area contributed by atoms with Gasteiger partial charge in [-0.05, 0) is 43.4 Å². The topological polar surface area (TPSA) is 85.8 Å². The van der Waals surface area contributed by atoms with Gasteiger partial charge in [0.1, 0.15) is 11.2 Å². The molecule has 4 heterocycles. The number of nitrogens with one attached hydrogen (secondary N) is 1. The third-order valence-electron chi connectivity index (χ3n) is 7.15. The van der Waals surface area contributed by atoms with Gasteiger partial charge in [-0.25, -0.2) is 4.79 Å². The van der Waals surface area contributed by atoms with Crippen LogP contribution in [0.2, 0.25) is 0 Å². The van der Waals surface area contributed by atoms with Crippen molar-refractivity contribution in [1.29, 1.82) is 0 Å². The molecule has 0 bridgehead atoms. The number of piperidine rings is 2. The Hall–Kier alpha value is -3.26. The minimum Gasteiger partial charge on any atom is -0.337 e. The number of hydrogen-bond donors (Lipinski definition) is 1. The largest absolute Gasteiger partial charge is 0.337 e. The number of urea groups is 1. The highest BCUT2D eigenvalue weighted by Gasteiger charge is 2.54. The lowest BCUT2D eigenvalue weighted by molar-refractivity contribution is -0.135. The summed E-state index contributed by atoms with van der Waals surface area (Å²) in [6.07, 6.45) is 4.04.